The average molecular weight is 402 g/mol. The van der Waals surface area contributed by atoms with E-state index in [9.17, 15) is 9.59 Å². The zero-order valence-electron chi connectivity index (χ0n) is 14.3. The number of benzene rings is 2. The van der Waals surface area contributed by atoms with Gasteiger partial charge in [-0.3, -0.25) is 9.59 Å². The molecule has 4 nitrogen and oxygen atoms in total. The first-order chi connectivity index (χ1) is 12.0. The van der Waals surface area contributed by atoms with E-state index in [0.717, 1.165) is 16.6 Å². The highest BCUT2D eigenvalue weighted by Crippen LogP contribution is 2.32. The molecule has 0 N–H and O–H groups in total. The molecular weight excluding hydrogens is 382 g/mol. The molecule has 25 heavy (non-hydrogen) atoms. The van der Waals surface area contributed by atoms with Gasteiger partial charge in [0, 0.05) is 29.0 Å². The van der Waals surface area contributed by atoms with Crippen LogP contribution in [0.5, 0.6) is 5.75 Å². The Morgan fingerprint density at radius 2 is 1.96 bits per heavy atom. The highest BCUT2D eigenvalue weighted by atomic mass is 79.9. The molecule has 0 unspecified atom stereocenters. The number of ketones is 1. The zero-order chi connectivity index (χ0) is 18.0. The lowest BCUT2D eigenvalue weighted by Crippen LogP contribution is -2.35. The molecule has 1 heterocycles. The third-order valence-electron chi connectivity index (χ3n) is 4.50. The molecule has 0 bridgehead atoms. The number of anilines is 1. The monoisotopic (exact) mass is 401 g/mol. The summed E-state index contributed by atoms with van der Waals surface area (Å²) in [6.45, 7) is 2.04. The first kappa shape index (κ1) is 17.7. The fourth-order valence-corrected chi connectivity index (χ4v) is 3.68. The van der Waals surface area contributed by atoms with E-state index in [1.165, 1.54) is 12.7 Å². The molecule has 130 valence electrons. The number of rotatable bonds is 5. The minimum absolute atomic E-state index is 0.0141. The second-order valence-corrected chi connectivity index (χ2v) is 7.13. The maximum Gasteiger partial charge on any atom is 0.227 e. The van der Waals surface area contributed by atoms with Gasteiger partial charge in [-0.2, -0.15) is 0 Å². The molecule has 0 fully saturated rings. The van der Waals surface area contributed by atoms with Crippen LogP contribution in [0, 0.1) is 0 Å². The molecule has 1 aliphatic heterocycles. The van der Waals surface area contributed by atoms with Gasteiger partial charge < -0.3 is 9.64 Å². The van der Waals surface area contributed by atoms with Crippen LogP contribution in [-0.2, 0) is 11.2 Å². The van der Waals surface area contributed by atoms with Crippen molar-refractivity contribution in [3.63, 3.8) is 0 Å². The summed E-state index contributed by atoms with van der Waals surface area (Å²) < 4.78 is 6.06. The Bertz CT molecular complexity index is 818. The summed E-state index contributed by atoms with van der Waals surface area (Å²) in [5, 5.41) is 0. The molecular formula is C20H20BrNO3. The van der Waals surface area contributed by atoms with Crippen LogP contribution < -0.4 is 9.64 Å². The Morgan fingerprint density at radius 1 is 1.20 bits per heavy atom. The molecule has 3 rings (SSSR count). The van der Waals surface area contributed by atoms with E-state index in [-0.39, 0.29) is 30.6 Å². The lowest BCUT2D eigenvalue weighted by molar-refractivity contribution is -0.118. The second-order valence-electron chi connectivity index (χ2n) is 6.21. The molecule has 0 aliphatic carbocycles. The van der Waals surface area contributed by atoms with Crippen LogP contribution in [0.4, 0.5) is 5.69 Å². The number of nitrogens with zero attached hydrogens (tertiary/aromatic N) is 1. The van der Waals surface area contributed by atoms with Crippen molar-refractivity contribution < 1.29 is 14.3 Å². The van der Waals surface area contributed by atoms with Crippen LogP contribution in [0.3, 0.4) is 0 Å². The van der Waals surface area contributed by atoms with E-state index in [2.05, 4.69) is 22.0 Å². The molecule has 0 saturated carbocycles. The van der Waals surface area contributed by atoms with Gasteiger partial charge in [-0.05, 0) is 43.2 Å². The van der Waals surface area contributed by atoms with Crippen molar-refractivity contribution in [2.45, 2.75) is 32.2 Å². The molecule has 1 aliphatic rings. The van der Waals surface area contributed by atoms with Crippen molar-refractivity contribution >= 4 is 33.3 Å². The second kappa shape index (κ2) is 7.40. The topological polar surface area (TPSA) is 46.6 Å². The fraction of sp³-hybridized carbons (Fsp3) is 0.300. The first-order valence-corrected chi connectivity index (χ1v) is 9.07. The maximum absolute atomic E-state index is 12.7. The number of amides is 1. The summed E-state index contributed by atoms with van der Waals surface area (Å²) in [6, 6.07) is 13.4. The minimum atomic E-state index is -0.0911. The van der Waals surface area contributed by atoms with Gasteiger partial charge >= 0.3 is 0 Å². The summed E-state index contributed by atoms with van der Waals surface area (Å²) in [5.74, 6) is 0.423. The number of Topliss-reactive ketones (excluding diaryl/α,β-unsaturated/α-hetero) is 1. The van der Waals surface area contributed by atoms with E-state index in [4.69, 9.17) is 4.74 Å². The number of methoxy groups -OCH3 is 1. The van der Waals surface area contributed by atoms with Crippen molar-refractivity contribution in [2.75, 3.05) is 12.0 Å². The van der Waals surface area contributed by atoms with Crippen molar-refractivity contribution in [2.24, 2.45) is 0 Å². The number of carbonyl (C=O) groups is 2. The molecule has 1 amide bonds. The molecule has 0 saturated heterocycles. The largest absolute Gasteiger partial charge is 0.496 e. The minimum Gasteiger partial charge on any atom is -0.496 e. The Balaban J connectivity index is 1.71. The highest BCUT2D eigenvalue weighted by molar-refractivity contribution is 9.10. The van der Waals surface area contributed by atoms with Crippen LogP contribution in [0.25, 0.3) is 0 Å². The van der Waals surface area contributed by atoms with Crippen molar-refractivity contribution in [3.8, 4) is 5.75 Å². The molecule has 2 aromatic rings. The van der Waals surface area contributed by atoms with E-state index < -0.39 is 0 Å². The summed E-state index contributed by atoms with van der Waals surface area (Å²) >= 11 is 3.37. The summed E-state index contributed by atoms with van der Waals surface area (Å²) in [7, 11) is 1.54. The number of para-hydroxylation sites is 1. The Morgan fingerprint density at radius 3 is 2.72 bits per heavy atom. The number of hydrogen-bond donors (Lipinski definition) is 0. The predicted octanol–water partition coefficient (Wildman–Crippen LogP) is 4.40. The SMILES string of the molecule is COc1ccc(Br)cc1C(=O)CCC(=O)N1c2ccccc2C[C@@H]1C. The molecule has 0 aromatic heterocycles. The van der Waals surface area contributed by atoms with Crippen molar-refractivity contribution in [1.29, 1.82) is 0 Å². The lowest BCUT2D eigenvalue weighted by atomic mass is 10.0. The van der Waals surface area contributed by atoms with Crippen LogP contribution in [0.1, 0.15) is 35.7 Å². The standard InChI is InChI=1S/C20H20BrNO3/c1-13-11-14-5-3-4-6-17(14)22(13)20(24)10-8-18(23)16-12-15(21)7-9-19(16)25-2/h3-7,9,12-13H,8,10-11H2,1-2H3/t13-/m0/s1. The van der Waals surface area contributed by atoms with Gasteiger partial charge in [0.05, 0.1) is 12.7 Å². The first-order valence-electron chi connectivity index (χ1n) is 8.28. The molecule has 0 radical (unpaired) electrons. The normalized spacial score (nSPS) is 15.8. The number of halogens is 1. The highest BCUT2D eigenvalue weighted by Gasteiger charge is 2.30. The van der Waals surface area contributed by atoms with Crippen LogP contribution in [0.15, 0.2) is 46.9 Å². The Kier molecular flexibility index (Phi) is 5.23. The Labute approximate surface area is 155 Å². The van der Waals surface area contributed by atoms with E-state index in [1.807, 2.05) is 36.1 Å². The van der Waals surface area contributed by atoms with Crippen molar-refractivity contribution in [3.05, 3.63) is 58.1 Å². The van der Waals surface area contributed by atoms with Crippen molar-refractivity contribution in [1.82, 2.24) is 0 Å². The van der Waals surface area contributed by atoms with Gasteiger partial charge in [0.15, 0.2) is 5.78 Å². The fourth-order valence-electron chi connectivity index (χ4n) is 3.32. The summed E-state index contributed by atoms with van der Waals surface area (Å²) in [6.07, 6.45) is 1.21. The van der Waals surface area contributed by atoms with Crippen LogP contribution in [-0.4, -0.2) is 24.8 Å². The average Bonchev–Trinajstić information content (AvgIpc) is 2.95. The molecule has 2 aromatic carbocycles. The molecule has 1 atom stereocenters. The summed E-state index contributed by atoms with van der Waals surface area (Å²) in [5.41, 5.74) is 2.65. The number of carbonyl (C=O) groups excluding carboxylic acids is 2. The lowest BCUT2D eigenvalue weighted by Gasteiger charge is -2.22. The number of hydrogen-bond acceptors (Lipinski definition) is 3. The third kappa shape index (κ3) is 3.61. The van der Waals surface area contributed by atoms with E-state index in [1.54, 1.807) is 12.1 Å². The molecule has 0 spiro atoms. The van der Waals surface area contributed by atoms with E-state index >= 15 is 0 Å². The van der Waals surface area contributed by atoms with Crippen LogP contribution in [0.2, 0.25) is 0 Å². The predicted molar refractivity (Wildman–Crippen MR) is 101 cm³/mol. The van der Waals surface area contributed by atoms with Gasteiger partial charge in [0.1, 0.15) is 5.75 Å². The quantitative estimate of drug-likeness (QED) is 0.697. The van der Waals surface area contributed by atoms with E-state index in [0.29, 0.717) is 11.3 Å². The van der Waals surface area contributed by atoms with Gasteiger partial charge in [-0.1, -0.05) is 34.1 Å². The summed E-state index contributed by atoms with van der Waals surface area (Å²) in [4.78, 5) is 27.1. The van der Waals surface area contributed by atoms with Gasteiger partial charge in [-0.25, -0.2) is 0 Å². The van der Waals surface area contributed by atoms with Gasteiger partial charge in [0.25, 0.3) is 0 Å². The zero-order valence-corrected chi connectivity index (χ0v) is 15.9. The van der Waals surface area contributed by atoms with Gasteiger partial charge in [-0.15, -0.1) is 0 Å². The van der Waals surface area contributed by atoms with Gasteiger partial charge in [0.2, 0.25) is 5.91 Å². The number of fused-ring (bicyclic) bond motifs is 1. The Hall–Kier alpha value is -2.14. The maximum atomic E-state index is 12.7. The number of ether oxygens (including phenoxy) is 1. The van der Waals surface area contributed by atoms with Crippen LogP contribution >= 0.6 is 15.9 Å². The third-order valence-corrected chi connectivity index (χ3v) is 5.00. The molecule has 5 heteroatoms. The smallest absolute Gasteiger partial charge is 0.227 e.